The summed E-state index contributed by atoms with van der Waals surface area (Å²) in [6.07, 6.45) is 7.95. The molecule has 1 heteroatoms. The number of hydrogen-bond donors (Lipinski definition) is 1. The molecule has 0 bridgehead atoms. The van der Waals surface area contributed by atoms with Crippen LogP contribution >= 0.6 is 0 Å². The molecule has 0 spiro atoms. The van der Waals surface area contributed by atoms with Gasteiger partial charge in [-0.15, -0.1) is 0 Å². The van der Waals surface area contributed by atoms with E-state index >= 15 is 0 Å². The second-order valence-corrected chi connectivity index (χ2v) is 3.16. The first kappa shape index (κ1) is 7.80. The molecule has 0 amide bonds. The van der Waals surface area contributed by atoms with Crippen molar-refractivity contribution in [2.24, 2.45) is 11.8 Å². The molecule has 58 valence electrons. The highest BCUT2D eigenvalue weighted by molar-refractivity contribution is 4.95. The molecule has 1 aliphatic carbocycles. The summed E-state index contributed by atoms with van der Waals surface area (Å²) in [6.45, 7) is 2.60. The average molecular weight is 140 g/mol. The molecule has 2 atom stereocenters. The summed E-state index contributed by atoms with van der Waals surface area (Å²) in [5, 5.41) is 8.70. The van der Waals surface area contributed by atoms with Crippen LogP contribution in [0.15, 0.2) is 12.2 Å². The lowest BCUT2D eigenvalue weighted by Gasteiger charge is -2.22. The van der Waals surface area contributed by atoms with Gasteiger partial charge in [0, 0.05) is 6.61 Å². The second kappa shape index (κ2) is 3.77. The molecule has 0 fully saturated rings. The Bertz CT molecular complexity index is 118. The molecule has 2 unspecified atom stereocenters. The van der Waals surface area contributed by atoms with Gasteiger partial charge in [0.2, 0.25) is 0 Å². The van der Waals surface area contributed by atoms with Crippen LogP contribution in [-0.2, 0) is 0 Å². The van der Waals surface area contributed by atoms with Crippen LogP contribution in [0, 0.1) is 11.8 Å². The van der Waals surface area contributed by atoms with Gasteiger partial charge in [-0.1, -0.05) is 19.1 Å². The summed E-state index contributed by atoms with van der Waals surface area (Å²) in [5.41, 5.74) is 0. The average Bonchev–Trinajstić information content (AvgIpc) is 1.94. The van der Waals surface area contributed by atoms with Crippen LogP contribution in [0.3, 0.4) is 0 Å². The Hall–Kier alpha value is -0.300. The first-order valence-electron chi connectivity index (χ1n) is 4.12. The van der Waals surface area contributed by atoms with Gasteiger partial charge in [0.1, 0.15) is 0 Å². The van der Waals surface area contributed by atoms with Crippen molar-refractivity contribution < 1.29 is 5.11 Å². The molecule has 0 aromatic carbocycles. The predicted octanol–water partition coefficient (Wildman–Crippen LogP) is 1.97. The summed E-state index contributed by atoms with van der Waals surface area (Å²) in [5.74, 6) is 1.41. The fourth-order valence-electron chi connectivity index (χ4n) is 1.56. The highest BCUT2D eigenvalue weighted by Crippen LogP contribution is 2.26. The summed E-state index contributed by atoms with van der Waals surface area (Å²) < 4.78 is 0. The van der Waals surface area contributed by atoms with Gasteiger partial charge < -0.3 is 5.11 Å². The van der Waals surface area contributed by atoms with Crippen LogP contribution in [0.25, 0.3) is 0 Å². The van der Waals surface area contributed by atoms with Gasteiger partial charge >= 0.3 is 0 Å². The van der Waals surface area contributed by atoms with Crippen molar-refractivity contribution in [3.8, 4) is 0 Å². The van der Waals surface area contributed by atoms with Crippen molar-refractivity contribution in [2.75, 3.05) is 6.61 Å². The van der Waals surface area contributed by atoms with Gasteiger partial charge in [0.05, 0.1) is 0 Å². The minimum Gasteiger partial charge on any atom is -0.396 e. The lowest BCUT2D eigenvalue weighted by atomic mass is 9.84. The van der Waals surface area contributed by atoms with E-state index in [1.165, 1.54) is 12.8 Å². The predicted molar refractivity (Wildman–Crippen MR) is 42.7 cm³/mol. The first-order valence-corrected chi connectivity index (χ1v) is 4.12. The van der Waals surface area contributed by atoms with Crippen LogP contribution in [0.2, 0.25) is 0 Å². The molecule has 10 heavy (non-hydrogen) atoms. The number of aliphatic hydroxyl groups is 1. The third-order valence-electron chi connectivity index (χ3n) is 2.37. The summed E-state index contributed by atoms with van der Waals surface area (Å²) in [6, 6.07) is 0. The Balaban J connectivity index is 2.39. The normalized spacial score (nSPS) is 32.6. The minimum absolute atomic E-state index is 0.333. The SMILES string of the molecule is CC1CCC=CC1CCO. The maximum absolute atomic E-state index is 8.70. The monoisotopic (exact) mass is 140 g/mol. The maximum atomic E-state index is 8.70. The van der Waals surface area contributed by atoms with Crippen LogP contribution in [-0.4, -0.2) is 11.7 Å². The summed E-state index contributed by atoms with van der Waals surface area (Å²) in [4.78, 5) is 0. The zero-order chi connectivity index (χ0) is 7.40. The Morgan fingerprint density at radius 3 is 3.00 bits per heavy atom. The molecule has 1 aliphatic rings. The van der Waals surface area contributed by atoms with Crippen molar-refractivity contribution >= 4 is 0 Å². The molecule has 0 aromatic rings. The van der Waals surface area contributed by atoms with Gasteiger partial charge in [0.25, 0.3) is 0 Å². The minimum atomic E-state index is 0.333. The highest BCUT2D eigenvalue weighted by atomic mass is 16.3. The van der Waals surface area contributed by atoms with Gasteiger partial charge in [0.15, 0.2) is 0 Å². The van der Waals surface area contributed by atoms with Gasteiger partial charge in [-0.2, -0.15) is 0 Å². The second-order valence-electron chi connectivity index (χ2n) is 3.16. The van der Waals surface area contributed by atoms with Crippen molar-refractivity contribution in [1.82, 2.24) is 0 Å². The Morgan fingerprint density at radius 1 is 1.60 bits per heavy atom. The Morgan fingerprint density at radius 2 is 2.40 bits per heavy atom. The largest absolute Gasteiger partial charge is 0.396 e. The molecule has 1 N–H and O–H groups in total. The summed E-state index contributed by atoms with van der Waals surface area (Å²) >= 11 is 0. The Kier molecular flexibility index (Phi) is 2.94. The first-order chi connectivity index (χ1) is 4.84. The maximum Gasteiger partial charge on any atom is 0.0436 e. The smallest absolute Gasteiger partial charge is 0.0436 e. The molecule has 0 radical (unpaired) electrons. The lowest BCUT2D eigenvalue weighted by Crippen LogP contribution is -2.13. The molecule has 1 rings (SSSR count). The van der Waals surface area contributed by atoms with E-state index in [0.717, 1.165) is 12.3 Å². The van der Waals surface area contributed by atoms with E-state index < -0.39 is 0 Å². The fourth-order valence-corrected chi connectivity index (χ4v) is 1.56. The number of allylic oxidation sites excluding steroid dienone is 2. The van der Waals surface area contributed by atoms with E-state index in [4.69, 9.17) is 5.11 Å². The number of aliphatic hydroxyl groups excluding tert-OH is 1. The van der Waals surface area contributed by atoms with Crippen molar-refractivity contribution in [3.05, 3.63) is 12.2 Å². The third-order valence-corrected chi connectivity index (χ3v) is 2.37. The zero-order valence-electron chi connectivity index (χ0n) is 6.59. The molecular weight excluding hydrogens is 124 g/mol. The van der Waals surface area contributed by atoms with Gasteiger partial charge in [-0.25, -0.2) is 0 Å². The molecule has 1 nitrogen and oxygen atoms in total. The van der Waals surface area contributed by atoms with E-state index in [1.54, 1.807) is 0 Å². The van der Waals surface area contributed by atoms with Crippen molar-refractivity contribution in [2.45, 2.75) is 26.2 Å². The molecule has 0 heterocycles. The van der Waals surface area contributed by atoms with Gasteiger partial charge in [-0.05, 0) is 31.1 Å². The Labute approximate surface area is 62.8 Å². The van der Waals surface area contributed by atoms with Crippen LogP contribution in [0.5, 0.6) is 0 Å². The van der Waals surface area contributed by atoms with E-state index in [0.29, 0.717) is 12.5 Å². The third kappa shape index (κ3) is 1.84. The topological polar surface area (TPSA) is 20.2 Å². The van der Waals surface area contributed by atoms with E-state index in [1.807, 2.05) is 0 Å². The zero-order valence-corrected chi connectivity index (χ0v) is 6.59. The van der Waals surface area contributed by atoms with Crippen molar-refractivity contribution in [3.63, 3.8) is 0 Å². The van der Waals surface area contributed by atoms with E-state index in [9.17, 15) is 0 Å². The van der Waals surface area contributed by atoms with Crippen LogP contribution in [0.1, 0.15) is 26.2 Å². The lowest BCUT2D eigenvalue weighted by molar-refractivity contribution is 0.241. The highest BCUT2D eigenvalue weighted by Gasteiger charge is 2.15. The number of hydrogen-bond acceptors (Lipinski definition) is 1. The van der Waals surface area contributed by atoms with Crippen molar-refractivity contribution in [1.29, 1.82) is 0 Å². The van der Waals surface area contributed by atoms with Crippen LogP contribution < -0.4 is 0 Å². The molecule has 0 saturated heterocycles. The van der Waals surface area contributed by atoms with E-state index in [2.05, 4.69) is 19.1 Å². The van der Waals surface area contributed by atoms with Gasteiger partial charge in [-0.3, -0.25) is 0 Å². The summed E-state index contributed by atoms with van der Waals surface area (Å²) in [7, 11) is 0. The molecule has 0 aromatic heterocycles. The molecular formula is C9H16O. The quantitative estimate of drug-likeness (QED) is 0.581. The van der Waals surface area contributed by atoms with Crippen LogP contribution in [0.4, 0.5) is 0 Å². The molecule has 0 aliphatic heterocycles. The molecule has 0 saturated carbocycles. The standard InChI is InChI=1S/C9H16O/c1-8-4-2-3-5-9(8)6-7-10/h3,5,8-10H,2,4,6-7H2,1H3. The number of rotatable bonds is 2. The fraction of sp³-hybridized carbons (Fsp3) is 0.778. The van der Waals surface area contributed by atoms with E-state index in [-0.39, 0.29) is 0 Å².